The van der Waals surface area contributed by atoms with Gasteiger partial charge in [0, 0.05) is 15.9 Å². The van der Waals surface area contributed by atoms with Crippen LogP contribution in [0.4, 0.5) is 0 Å². The molecule has 0 saturated heterocycles. The van der Waals surface area contributed by atoms with Gasteiger partial charge in [-0.05, 0) is 19.1 Å². The van der Waals surface area contributed by atoms with Crippen molar-refractivity contribution >= 4 is 39.1 Å². The summed E-state index contributed by atoms with van der Waals surface area (Å²) in [6.45, 7) is 2.52. The molecule has 72 valence electrons. The van der Waals surface area contributed by atoms with E-state index < -0.39 is 0 Å². The summed E-state index contributed by atoms with van der Waals surface area (Å²) in [5.41, 5.74) is 0.972. The zero-order valence-electron chi connectivity index (χ0n) is 7.11. The van der Waals surface area contributed by atoms with Gasteiger partial charge in [-0.25, -0.2) is 0 Å². The van der Waals surface area contributed by atoms with Crippen molar-refractivity contribution in [2.45, 2.75) is 12.3 Å². The molecular weight excluding hydrogens is 275 g/mol. The minimum Gasteiger partial charge on any atom is -0.492 e. The molecule has 1 nitrogen and oxygen atoms in total. The van der Waals surface area contributed by atoms with Crippen molar-refractivity contribution in [2.24, 2.45) is 0 Å². The van der Waals surface area contributed by atoms with Gasteiger partial charge in [0.1, 0.15) is 5.75 Å². The molecular formula is C9H9BrCl2O. The Kier molecular flexibility index (Phi) is 4.36. The van der Waals surface area contributed by atoms with Crippen LogP contribution in [0.15, 0.2) is 12.1 Å². The third-order valence-electron chi connectivity index (χ3n) is 1.52. The average Bonchev–Trinajstić information content (AvgIpc) is 2.09. The molecule has 0 radical (unpaired) electrons. The molecule has 1 aromatic carbocycles. The summed E-state index contributed by atoms with van der Waals surface area (Å²) in [7, 11) is 0. The van der Waals surface area contributed by atoms with E-state index in [1.807, 2.05) is 13.0 Å². The fraction of sp³-hybridized carbons (Fsp3) is 0.333. The SMILES string of the molecule is CCOc1c(Cl)cc(Cl)cc1CBr. The number of ether oxygens (including phenoxy) is 1. The number of hydrogen-bond acceptors (Lipinski definition) is 1. The van der Waals surface area contributed by atoms with Gasteiger partial charge in [0.05, 0.1) is 11.6 Å². The van der Waals surface area contributed by atoms with Crippen LogP contribution in [-0.2, 0) is 5.33 Å². The number of halogens is 3. The van der Waals surface area contributed by atoms with E-state index in [1.165, 1.54) is 0 Å². The van der Waals surface area contributed by atoms with Gasteiger partial charge in [-0.2, -0.15) is 0 Å². The molecule has 0 amide bonds. The van der Waals surface area contributed by atoms with Crippen LogP contribution in [0.5, 0.6) is 5.75 Å². The van der Waals surface area contributed by atoms with Crippen molar-refractivity contribution in [1.82, 2.24) is 0 Å². The Balaban J connectivity index is 3.13. The molecule has 0 aliphatic rings. The predicted molar refractivity (Wildman–Crippen MR) is 60.3 cm³/mol. The summed E-state index contributed by atoms with van der Waals surface area (Å²) in [6, 6.07) is 3.52. The molecule has 0 bridgehead atoms. The molecule has 13 heavy (non-hydrogen) atoms. The van der Waals surface area contributed by atoms with E-state index in [0.29, 0.717) is 27.7 Å². The fourth-order valence-electron chi connectivity index (χ4n) is 1.02. The van der Waals surface area contributed by atoms with Gasteiger partial charge in [0.2, 0.25) is 0 Å². The Morgan fingerprint density at radius 2 is 2.08 bits per heavy atom. The first kappa shape index (κ1) is 11.2. The maximum atomic E-state index is 5.96. The van der Waals surface area contributed by atoms with E-state index in [1.54, 1.807) is 6.07 Å². The first-order chi connectivity index (χ1) is 6.19. The topological polar surface area (TPSA) is 9.23 Å². The molecule has 0 fully saturated rings. The number of alkyl halides is 1. The van der Waals surface area contributed by atoms with Crippen LogP contribution in [0.3, 0.4) is 0 Å². The molecule has 4 heteroatoms. The maximum absolute atomic E-state index is 5.96. The highest BCUT2D eigenvalue weighted by molar-refractivity contribution is 9.08. The van der Waals surface area contributed by atoms with Gasteiger partial charge < -0.3 is 4.74 Å². The summed E-state index contributed by atoms with van der Waals surface area (Å²) in [6.07, 6.45) is 0. The Hall–Kier alpha value is 0.0800. The number of benzene rings is 1. The van der Waals surface area contributed by atoms with Gasteiger partial charge in [-0.3, -0.25) is 0 Å². The fourth-order valence-corrected chi connectivity index (χ4v) is 2.03. The highest BCUT2D eigenvalue weighted by Crippen LogP contribution is 2.33. The predicted octanol–water partition coefficient (Wildman–Crippen LogP) is 4.29. The first-order valence-corrected chi connectivity index (χ1v) is 5.73. The summed E-state index contributed by atoms with van der Waals surface area (Å²) in [5, 5.41) is 1.87. The second-order valence-electron chi connectivity index (χ2n) is 2.44. The third-order valence-corrected chi connectivity index (χ3v) is 2.62. The molecule has 0 aliphatic heterocycles. The van der Waals surface area contributed by atoms with Crippen molar-refractivity contribution in [3.63, 3.8) is 0 Å². The zero-order valence-corrected chi connectivity index (χ0v) is 10.2. The van der Waals surface area contributed by atoms with Crippen LogP contribution in [-0.4, -0.2) is 6.61 Å². The van der Waals surface area contributed by atoms with Crippen LogP contribution in [0, 0.1) is 0 Å². The quantitative estimate of drug-likeness (QED) is 0.752. The van der Waals surface area contributed by atoms with E-state index in [4.69, 9.17) is 27.9 Å². The largest absolute Gasteiger partial charge is 0.492 e. The normalized spacial score (nSPS) is 10.2. The van der Waals surface area contributed by atoms with Gasteiger partial charge in [-0.1, -0.05) is 39.1 Å². The smallest absolute Gasteiger partial charge is 0.142 e. The highest BCUT2D eigenvalue weighted by atomic mass is 79.9. The highest BCUT2D eigenvalue weighted by Gasteiger charge is 2.08. The lowest BCUT2D eigenvalue weighted by Gasteiger charge is -2.10. The molecule has 1 aromatic rings. The monoisotopic (exact) mass is 282 g/mol. The van der Waals surface area contributed by atoms with E-state index in [0.717, 1.165) is 5.56 Å². The second kappa shape index (κ2) is 5.08. The Morgan fingerprint density at radius 3 is 2.62 bits per heavy atom. The van der Waals surface area contributed by atoms with E-state index in [9.17, 15) is 0 Å². The Bertz CT molecular complexity index is 302. The van der Waals surface area contributed by atoms with E-state index in [-0.39, 0.29) is 0 Å². The number of rotatable bonds is 3. The van der Waals surface area contributed by atoms with Crippen LogP contribution in [0.1, 0.15) is 12.5 Å². The molecule has 0 saturated carbocycles. The average molecular weight is 284 g/mol. The minimum atomic E-state index is 0.559. The summed E-state index contributed by atoms with van der Waals surface area (Å²) in [4.78, 5) is 0. The Labute approximate surface area is 96.1 Å². The van der Waals surface area contributed by atoms with Crippen LogP contribution in [0.2, 0.25) is 10.0 Å². The summed E-state index contributed by atoms with van der Waals surface area (Å²) >= 11 is 15.2. The molecule has 0 unspecified atom stereocenters. The summed E-state index contributed by atoms with van der Waals surface area (Å²) < 4.78 is 5.39. The van der Waals surface area contributed by atoms with Crippen LogP contribution in [0.25, 0.3) is 0 Å². The van der Waals surface area contributed by atoms with Crippen molar-refractivity contribution in [1.29, 1.82) is 0 Å². The van der Waals surface area contributed by atoms with Gasteiger partial charge in [-0.15, -0.1) is 0 Å². The van der Waals surface area contributed by atoms with E-state index in [2.05, 4.69) is 15.9 Å². The molecule has 0 aromatic heterocycles. The standard InChI is InChI=1S/C9H9BrCl2O/c1-2-13-9-6(5-10)3-7(11)4-8(9)12/h3-4H,2,5H2,1H3. The molecule has 1 rings (SSSR count). The lowest BCUT2D eigenvalue weighted by Crippen LogP contribution is -1.96. The maximum Gasteiger partial charge on any atom is 0.142 e. The molecule has 0 spiro atoms. The molecule has 0 N–H and O–H groups in total. The Morgan fingerprint density at radius 1 is 1.38 bits per heavy atom. The minimum absolute atomic E-state index is 0.559. The lowest BCUT2D eigenvalue weighted by molar-refractivity contribution is 0.338. The van der Waals surface area contributed by atoms with Crippen molar-refractivity contribution in [2.75, 3.05) is 6.61 Å². The molecule has 0 heterocycles. The molecule has 0 atom stereocenters. The van der Waals surface area contributed by atoms with Gasteiger partial charge in [0.15, 0.2) is 0 Å². The lowest BCUT2D eigenvalue weighted by atomic mass is 10.2. The van der Waals surface area contributed by atoms with Crippen molar-refractivity contribution in [3.05, 3.63) is 27.7 Å². The zero-order chi connectivity index (χ0) is 9.84. The number of hydrogen-bond donors (Lipinski definition) is 0. The van der Waals surface area contributed by atoms with E-state index >= 15 is 0 Å². The van der Waals surface area contributed by atoms with Crippen LogP contribution < -0.4 is 4.74 Å². The summed E-state index contributed by atoms with van der Waals surface area (Å²) in [5.74, 6) is 0.713. The van der Waals surface area contributed by atoms with Gasteiger partial charge >= 0.3 is 0 Å². The molecule has 0 aliphatic carbocycles. The van der Waals surface area contributed by atoms with Crippen molar-refractivity contribution < 1.29 is 4.74 Å². The third kappa shape index (κ3) is 2.76. The second-order valence-corrected chi connectivity index (χ2v) is 3.85. The van der Waals surface area contributed by atoms with Crippen LogP contribution >= 0.6 is 39.1 Å². The van der Waals surface area contributed by atoms with Gasteiger partial charge in [0.25, 0.3) is 0 Å². The first-order valence-electron chi connectivity index (χ1n) is 3.85. The van der Waals surface area contributed by atoms with Crippen molar-refractivity contribution in [3.8, 4) is 5.75 Å².